The van der Waals surface area contributed by atoms with Crippen LogP contribution in [-0.4, -0.2) is 25.4 Å². The van der Waals surface area contributed by atoms with E-state index in [1.807, 2.05) is 25.1 Å². The molecule has 0 unspecified atom stereocenters. The van der Waals surface area contributed by atoms with E-state index < -0.39 is 10.0 Å². The largest absolute Gasteiger partial charge is 0.321 e. The molecule has 0 radical (unpaired) electrons. The van der Waals surface area contributed by atoms with Gasteiger partial charge in [0.1, 0.15) is 0 Å². The monoisotopic (exact) mass is 381 g/mol. The minimum absolute atomic E-state index is 0.0129. The van der Waals surface area contributed by atoms with E-state index in [2.05, 4.69) is 15.0 Å². The van der Waals surface area contributed by atoms with E-state index in [0.29, 0.717) is 5.69 Å². The Morgan fingerprint density at radius 1 is 1.11 bits per heavy atom. The SMILES string of the molecule is Cc1cccc2c(NC(=O)c3cccc(S(=O)(=O)NC4CC4)c3)ccnc12. The van der Waals surface area contributed by atoms with E-state index in [-0.39, 0.29) is 22.4 Å². The molecule has 0 spiro atoms. The molecular weight excluding hydrogens is 362 g/mol. The summed E-state index contributed by atoms with van der Waals surface area (Å²) in [6.45, 7) is 1.96. The van der Waals surface area contributed by atoms with Crippen molar-refractivity contribution in [1.29, 1.82) is 0 Å². The number of amides is 1. The van der Waals surface area contributed by atoms with Crippen LogP contribution < -0.4 is 10.0 Å². The lowest BCUT2D eigenvalue weighted by Crippen LogP contribution is -2.26. The van der Waals surface area contributed by atoms with Gasteiger partial charge in [-0.1, -0.05) is 24.3 Å². The second kappa shape index (κ2) is 6.75. The van der Waals surface area contributed by atoms with Crippen molar-refractivity contribution in [2.75, 3.05) is 5.32 Å². The van der Waals surface area contributed by atoms with Gasteiger partial charge in [0, 0.05) is 23.2 Å². The number of sulfonamides is 1. The molecule has 0 aliphatic heterocycles. The lowest BCUT2D eigenvalue weighted by Gasteiger charge is -2.11. The van der Waals surface area contributed by atoms with E-state index >= 15 is 0 Å². The molecule has 3 aromatic rings. The normalized spacial score (nSPS) is 14.3. The lowest BCUT2D eigenvalue weighted by atomic mass is 10.1. The first-order valence-corrected chi connectivity index (χ1v) is 10.2. The van der Waals surface area contributed by atoms with Crippen LogP contribution in [0.1, 0.15) is 28.8 Å². The number of anilines is 1. The van der Waals surface area contributed by atoms with Gasteiger partial charge in [0.05, 0.1) is 16.1 Å². The molecule has 4 rings (SSSR count). The summed E-state index contributed by atoms with van der Waals surface area (Å²) in [7, 11) is -3.61. The molecule has 0 atom stereocenters. The number of aryl methyl sites for hydroxylation is 1. The third-order valence-electron chi connectivity index (χ3n) is 4.53. The molecule has 1 aliphatic carbocycles. The highest BCUT2D eigenvalue weighted by Gasteiger charge is 2.28. The number of rotatable bonds is 5. The molecule has 1 heterocycles. The average molecular weight is 381 g/mol. The van der Waals surface area contributed by atoms with Crippen molar-refractivity contribution in [3.8, 4) is 0 Å². The van der Waals surface area contributed by atoms with Crippen molar-refractivity contribution < 1.29 is 13.2 Å². The molecule has 1 fully saturated rings. The molecule has 1 aliphatic rings. The van der Waals surface area contributed by atoms with Gasteiger partial charge in [-0.05, 0) is 49.6 Å². The Morgan fingerprint density at radius 3 is 2.67 bits per heavy atom. The Bertz CT molecular complexity index is 1140. The van der Waals surface area contributed by atoms with Gasteiger partial charge in [-0.15, -0.1) is 0 Å². The van der Waals surface area contributed by atoms with E-state index in [0.717, 1.165) is 29.3 Å². The molecule has 1 aromatic heterocycles. The van der Waals surface area contributed by atoms with E-state index in [1.54, 1.807) is 24.4 Å². The van der Waals surface area contributed by atoms with Crippen molar-refractivity contribution in [2.24, 2.45) is 0 Å². The quantitative estimate of drug-likeness (QED) is 0.710. The van der Waals surface area contributed by atoms with Crippen LogP contribution in [0, 0.1) is 6.92 Å². The number of pyridine rings is 1. The zero-order valence-electron chi connectivity index (χ0n) is 14.8. The summed E-state index contributed by atoms with van der Waals surface area (Å²) in [4.78, 5) is 17.2. The Hall–Kier alpha value is -2.77. The number of carbonyl (C=O) groups is 1. The number of hydrogen-bond acceptors (Lipinski definition) is 4. The molecule has 0 bridgehead atoms. The zero-order chi connectivity index (χ0) is 19.0. The van der Waals surface area contributed by atoms with Gasteiger partial charge in [0.2, 0.25) is 10.0 Å². The smallest absolute Gasteiger partial charge is 0.255 e. The van der Waals surface area contributed by atoms with Crippen molar-refractivity contribution in [2.45, 2.75) is 30.7 Å². The molecule has 6 nitrogen and oxygen atoms in total. The summed E-state index contributed by atoms with van der Waals surface area (Å²) in [5.74, 6) is -0.368. The van der Waals surface area contributed by atoms with Crippen molar-refractivity contribution >= 4 is 32.5 Å². The Labute approximate surface area is 157 Å². The van der Waals surface area contributed by atoms with Gasteiger partial charge >= 0.3 is 0 Å². The molecular formula is C20H19N3O3S. The van der Waals surface area contributed by atoms with Crippen LogP contribution >= 0.6 is 0 Å². The highest BCUT2D eigenvalue weighted by Crippen LogP contribution is 2.25. The van der Waals surface area contributed by atoms with Crippen LogP contribution in [0.15, 0.2) is 59.6 Å². The third-order valence-corrected chi connectivity index (χ3v) is 6.04. The highest BCUT2D eigenvalue weighted by molar-refractivity contribution is 7.89. The molecule has 7 heteroatoms. The van der Waals surface area contributed by atoms with Gasteiger partial charge < -0.3 is 5.32 Å². The number of hydrogen-bond donors (Lipinski definition) is 2. The van der Waals surface area contributed by atoms with Gasteiger partial charge in [0.15, 0.2) is 0 Å². The van der Waals surface area contributed by atoms with Crippen LogP contribution in [0.5, 0.6) is 0 Å². The summed E-state index contributed by atoms with van der Waals surface area (Å²) in [5, 5.41) is 3.70. The Balaban J connectivity index is 1.63. The number of fused-ring (bicyclic) bond motifs is 1. The van der Waals surface area contributed by atoms with Gasteiger partial charge in [-0.2, -0.15) is 0 Å². The van der Waals surface area contributed by atoms with Crippen molar-refractivity contribution in [1.82, 2.24) is 9.71 Å². The first-order chi connectivity index (χ1) is 12.9. The number of benzene rings is 2. The fourth-order valence-electron chi connectivity index (χ4n) is 2.92. The molecule has 0 saturated heterocycles. The standard InChI is InChI=1S/C20H19N3O3S/c1-13-4-2-7-17-18(10-11-21-19(13)17)22-20(24)14-5-3-6-16(12-14)27(25,26)23-15-8-9-15/h2-7,10-12,15,23H,8-9H2,1H3,(H,21,22,24). The number of nitrogens with one attached hydrogen (secondary N) is 2. The maximum Gasteiger partial charge on any atom is 0.255 e. The summed E-state index contributed by atoms with van der Waals surface area (Å²) in [5.41, 5.74) is 2.76. The fraction of sp³-hybridized carbons (Fsp3) is 0.200. The van der Waals surface area contributed by atoms with Crippen LogP contribution in [0.3, 0.4) is 0 Å². The lowest BCUT2D eigenvalue weighted by molar-refractivity contribution is 0.102. The molecule has 1 saturated carbocycles. The first kappa shape index (κ1) is 17.6. The number of aromatic nitrogens is 1. The van der Waals surface area contributed by atoms with Gasteiger partial charge in [-0.25, -0.2) is 13.1 Å². The predicted molar refractivity (Wildman–Crippen MR) is 104 cm³/mol. The zero-order valence-corrected chi connectivity index (χ0v) is 15.6. The predicted octanol–water partition coefficient (Wildman–Crippen LogP) is 3.24. The van der Waals surface area contributed by atoms with E-state index in [9.17, 15) is 13.2 Å². The second-order valence-corrected chi connectivity index (χ2v) is 8.42. The highest BCUT2D eigenvalue weighted by atomic mass is 32.2. The molecule has 2 N–H and O–H groups in total. The minimum Gasteiger partial charge on any atom is -0.321 e. The third kappa shape index (κ3) is 3.70. The second-order valence-electron chi connectivity index (χ2n) is 6.71. The Morgan fingerprint density at radius 2 is 1.89 bits per heavy atom. The Kier molecular flexibility index (Phi) is 4.41. The fourth-order valence-corrected chi connectivity index (χ4v) is 4.27. The summed E-state index contributed by atoms with van der Waals surface area (Å²) in [6, 6.07) is 13.6. The summed E-state index contributed by atoms with van der Waals surface area (Å²) >= 11 is 0. The maximum atomic E-state index is 12.7. The van der Waals surface area contributed by atoms with Crippen LogP contribution in [0.2, 0.25) is 0 Å². The van der Waals surface area contributed by atoms with Crippen LogP contribution in [-0.2, 0) is 10.0 Å². The van der Waals surface area contributed by atoms with Crippen LogP contribution in [0.25, 0.3) is 10.9 Å². The number of para-hydroxylation sites is 1. The molecule has 1 amide bonds. The van der Waals surface area contributed by atoms with Crippen molar-refractivity contribution in [3.05, 3.63) is 65.9 Å². The summed E-state index contributed by atoms with van der Waals surface area (Å²) in [6.07, 6.45) is 3.35. The van der Waals surface area contributed by atoms with Crippen LogP contribution in [0.4, 0.5) is 5.69 Å². The van der Waals surface area contributed by atoms with E-state index in [1.165, 1.54) is 12.1 Å². The van der Waals surface area contributed by atoms with Gasteiger partial charge in [0.25, 0.3) is 5.91 Å². The van der Waals surface area contributed by atoms with Crippen molar-refractivity contribution in [3.63, 3.8) is 0 Å². The minimum atomic E-state index is -3.61. The number of carbonyl (C=O) groups excluding carboxylic acids is 1. The molecule has 138 valence electrons. The molecule has 2 aromatic carbocycles. The molecule has 27 heavy (non-hydrogen) atoms. The first-order valence-electron chi connectivity index (χ1n) is 8.72. The average Bonchev–Trinajstić information content (AvgIpc) is 3.46. The van der Waals surface area contributed by atoms with Gasteiger partial charge in [-0.3, -0.25) is 9.78 Å². The maximum absolute atomic E-state index is 12.7. The van der Waals surface area contributed by atoms with E-state index in [4.69, 9.17) is 0 Å². The number of nitrogens with zero attached hydrogens (tertiary/aromatic N) is 1. The summed E-state index contributed by atoms with van der Waals surface area (Å²) < 4.78 is 27.4. The topological polar surface area (TPSA) is 88.2 Å².